The minimum absolute atomic E-state index is 0.0766. The topological polar surface area (TPSA) is 131 Å². The normalized spacial score (nSPS) is 13.0. The number of carbonyl (C=O) groups excluding carboxylic acids is 1. The first-order valence-electron chi connectivity index (χ1n) is 14.4. The van der Waals surface area contributed by atoms with E-state index >= 15 is 0 Å². The standard InChI is InChI=1S/C32H34FN9O2/c1-32(2,3)26-15-27(42(40-26)22-8-6-20-16-35-11-10-18(20)12-22)38-31(44)37-25-14-19(7-9-24(25)33)23-13-21-17-36-30(34-4)39-28(21)41(5)29(23)43/h6-9,12-15,17,35H,10-11,16H2,1-5H3,(H,34,36,39)(H2,37,38,44). The van der Waals surface area contributed by atoms with Gasteiger partial charge >= 0.3 is 6.03 Å². The van der Waals surface area contributed by atoms with E-state index in [4.69, 9.17) is 5.10 Å². The number of rotatable bonds is 5. The molecule has 44 heavy (non-hydrogen) atoms. The van der Waals surface area contributed by atoms with Crippen LogP contribution in [0, 0.1) is 5.82 Å². The maximum absolute atomic E-state index is 15.0. The first-order valence-corrected chi connectivity index (χ1v) is 14.4. The quantitative estimate of drug-likeness (QED) is 0.226. The third kappa shape index (κ3) is 5.51. The van der Waals surface area contributed by atoms with Gasteiger partial charge in [-0.2, -0.15) is 10.1 Å². The van der Waals surface area contributed by atoms with Crippen LogP contribution >= 0.6 is 0 Å². The van der Waals surface area contributed by atoms with Crippen molar-refractivity contribution in [3.8, 4) is 16.8 Å². The zero-order valence-corrected chi connectivity index (χ0v) is 25.2. The lowest BCUT2D eigenvalue weighted by atomic mass is 9.92. The predicted molar refractivity (Wildman–Crippen MR) is 170 cm³/mol. The molecule has 0 bridgehead atoms. The molecular weight excluding hydrogens is 561 g/mol. The van der Waals surface area contributed by atoms with Crippen LogP contribution < -0.4 is 26.8 Å². The molecule has 226 valence electrons. The Morgan fingerprint density at radius 1 is 1.05 bits per heavy atom. The van der Waals surface area contributed by atoms with Gasteiger partial charge in [0.1, 0.15) is 17.3 Å². The lowest BCUT2D eigenvalue weighted by Crippen LogP contribution is -2.24. The van der Waals surface area contributed by atoms with Gasteiger partial charge in [-0.15, -0.1) is 0 Å². The number of nitrogens with zero attached hydrogens (tertiary/aromatic N) is 5. The van der Waals surface area contributed by atoms with Crippen molar-refractivity contribution in [1.82, 2.24) is 29.6 Å². The summed E-state index contributed by atoms with van der Waals surface area (Å²) in [6.07, 6.45) is 2.52. The molecule has 0 radical (unpaired) electrons. The first-order chi connectivity index (χ1) is 21.0. The fraction of sp³-hybridized carbons (Fsp3) is 0.281. The number of benzene rings is 2. The Bertz CT molecular complexity index is 1970. The number of pyridine rings is 1. The summed E-state index contributed by atoms with van der Waals surface area (Å²) in [5.41, 5.74) is 4.63. The van der Waals surface area contributed by atoms with Crippen molar-refractivity contribution in [2.75, 3.05) is 29.5 Å². The van der Waals surface area contributed by atoms with E-state index in [1.807, 2.05) is 32.9 Å². The van der Waals surface area contributed by atoms with Crippen molar-refractivity contribution in [3.63, 3.8) is 0 Å². The Labute approximate surface area is 253 Å². The molecule has 0 saturated heterocycles. The highest BCUT2D eigenvalue weighted by Gasteiger charge is 2.23. The summed E-state index contributed by atoms with van der Waals surface area (Å²) < 4.78 is 18.1. The predicted octanol–water partition coefficient (Wildman–Crippen LogP) is 4.95. The van der Waals surface area contributed by atoms with E-state index in [1.54, 1.807) is 31.0 Å². The van der Waals surface area contributed by atoms with Crippen LogP contribution in [0.25, 0.3) is 27.8 Å². The molecule has 1 aliphatic heterocycles. The molecule has 6 rings (SSSR count). The van der Waals surface area contributed by atoms with Crippen molar-refractivity contribution in [2.45, 2.75) is 39.2 Å². The minimum Gasteiger partial charge on any atom is -0.357 e. The van der Waals surface area contributed by atoms with E-state index in [2.05, 4.69) is 43.4 Å². The van der Waals surface area contributed by atoms with E-state index in [-0.39, 0.29) is 16.7 Å². The summed E-state index contributed by atoms with van der Waals surface area (Å²) in [6, 6.07) is 13.1. The van der Waals surface area contributed by atoms with E-state index < -0.39 is 11.8 Å². The van der Waals surface area contributed by atoms with E-state index in [0.29, 0.717) is 33.9 Å². The molecule has 4 N–H and O–H groups in total. The van der Waals surface area contributed by atoms with Gasteiger partial charge in [-0.25, -0.2) is 18.9 Å². The van der Waals surface area contributed by atoms with Gasteiger partial charge in [-0.05, 0) is 60.0 Å². The first kappa shape index (κ1) is 29.0. The lowest BCUT2D eigenvalue weighted by molar-refractivity contribution is 0.262. The Balaban J connectivity index is 1.31. The average molecular weight is 596 g/mol. The van der Waals surface area contributed by atoms with Crippen LogP contribution in [0.5, 0.6) is 0 Å². The highest BCUT2D eigenvalue weighted by atomic mass is 19.1. The number of urea groups is 1. The third-order valence-electron chi connectivity index (χ3n) is 7.74. The largest absolute Gasteiger partial charge is 0.357 e. The molecule has 1 aliphatic rings. The van der Waals surface area contributed by atoms with Gasteiger partial charge in [0.15, 0.2) is 0 Å². The number of nitrogens with one attached hydrogen (secondary N) is 4. The van der Waals surface area contributed by atoms with Crippen LogP contribution in [0.3, 0.4) is 0 Å². The number of hydrogen-bond acceptors (Lipinski definition) is 7. The van der Waals surface area contributed by atoms with Crippen molar-refractivity contribution in [3.05, 3.63) is 87.7 Å². The van der Waals surface area contributed by atoms with Crippen LogP contribution in [0.1, 0.15) is 37.6 Å². The maximum atomic E-state index is 15.0. The lowest BCUT2D eigenvalue weighted by Gasteiger charge is -2.18. The molecule has 0 unspecified atom stereocenters. The second kappa shape index (κ2) is 11.2. The number of amides is 2. The molecule has 5 aromatic rings. The number of anilines is 3. The average Bonchev–Trinajstić information content (AvgIpc) is 3.44. The molecule has 0 spiro atoms. The number of aromatic nitrogens is 5. The van der Waals surface area contributed by atoms with Gasteiger partial charge in [0.25, 0.3) is 5.56 Å². The van der Waals surface area contributed by atoms with Crippen molar-refractivity contribution < 1.29 is 9.18 Å². The second-order valence-electron chi connectivity index (χ2n) is 11.9. The molecule has 2 amide bonds. The highest BCUT2D eigenvalue weighted by Crippen LogP contribution is 2.29. The number of halogens is 1. The van der Waals surface area contributed by atoms with Gasteiger partial charge in [0.2, 0.25) is 5.95 Å². The van der Waals surface area contributed by atoms with Crippen molar-refractivity contribution in [1.29, 1.82) is 0 Å². The van der Waals surface area contributed by atoms with Crippen molar-refractivity contribution in [2.24, 2.45) is 7.05 Å². The monoisotopic (exact) mass is 595 g/mol. The van der Waals surface area contributed by atoms with Crippen LogP contribution in [0.15, 0.2) is 59.5 Å². The van der Waals surface area contributed by atoms with Gasteiger partial charge in [-0.1, -0.05) is 32.9 Å². The van der Waals surface area contributed by atoms with E-state index in [0.717, 1.165) is 30.9 Å². The summed E-state index contributed by atoms with van der Waals surface area (Å²) in [5.74, 6) is 0.192. The molecule has 0 atom stereocenters. The second-order valence-corrected chi connectivity index (χ2v) is 11.9. The minimum atomic E-state index is -0.649. The van der Waals surface area contributed by atoms with Gasteiger partial charge in [-0.3, -0.25) is 14.7 Å². The van der Waals surface area contributed by atoms with E-state index in [9.17, 15) is 14.0 Å². The summed E-state index contributed by atoms with van der Waals surface area (Å²) >= 11 is 0. The SMILES string of the molecule is CNc1ncc2cc(-c3ccc(F)c(NC(=O)Nc4cc(C(C)(C)C)nn4-c4ccc5c(c4)CCNC5)c3)c(=O)n(C)c2n1. The molecule has 12 heteroatoms. The highest BCUT2D eigenvalue weighted by molar-refractivity contribution is 6.00. The van der Waals surface area contributed by atoms with Crippen LogP contribution in [-0.4, -0.2) is 43.9 Å². The Hall–Kier alpha value is -5.10. The maximum Gasteiger partial charge on any atom is 0.324 e. The van der Waals surface area contributed by atoms with Gasteiger partial charge in [0, 0.05) is 49.3 Å². The number of aryl methyl sites for hydroxylation is 1. The Morgan fingerprint density at radius 2 is 1.86 bits per heavy atom. The Kier molecular flexibility index (Phi) is 7.38. The molecule has 3 aromatic heterocycles. The molecular formula is C32H34FN9O2. The number of hydrogen-bond donors (Lipinski definition) is 4. The summed E-state index contributed by atoms with van der Waals surface area (Å²) in [5, 5.41) is 17.2. The van der Waals surface area contributed by atoms with Gasteiger partial charge in [0.05, 0.1) is 17.1 Å². The fourth-order valence-electron chi connectivity index (χ4n) is 5.26. The smallest absolute Gasteiger partial charge is 0.324 e. The van der Waals surface area contributed by atoms with Crippen LogP contribution in [0.4, 0.5) is 26.6 Å². The molecule has 0 saturated carbocycles. The third-order valence-corrected chi connectivity index (χ3v) is 7.74. The molecule has 4 heterocycles. The fourth-order valence-corrected chi connectivity index (χ4v) is 5.26. The number of fused-ring (bicyclic) bond motifs is 2. The number of carbonyl (C=O) groups is 1. The van der Waals surface area contributed by atoms with Crippen LogP contribution in [-0.2, 0) is 25.4 Å². The molecule has 11 nitrogen and oxygen atoms in total. The molecule has 0 fully saturated rings. The Morgan fingerprint density at radius 3 is 2.64 bits per heavy atom. The summed E-state index contributed by atoms with van der Waals surface area (Å²) in [6.45, 7) is 7.86. The summed E-state index contributed by atoms with van der Waals surface area (Å²) in [7, 11) is 3.31. The molecule has 0 aliphatic carbocycles. The van der Waals surface area contributed by atoms with Crippen LogP contribution in [0.2, 0.25) is 0 Å². The van der Waals surface area contributed by atoms with Gasteiger partial charge < -0.3 is 16.0 Å². The zero-order valence-electron chi connectivity index (χ0n) is 25.2. The summed E-state index contributed by atoms with van der Waals surface area (Å²) in [4.78, 5) is 35.2. The van der Waals surface area contributed by atoms with E-state index in [1.165, 1.54) is 33.9 Å². The molecule has 2 aromatic carbocycles. The zero-order chi connectivity index (χ0) is 31.2. The van der Waals surface area contributed by atoms with Crippen molar-refractivity contribution >= 4 is 34.5 Å².